The molecule has 0 spiro atoms. The predicted molar refractivity (Wildman–Crippen MR) is 88.7 cm³/mol. The molecule has 2 aromatic carbocycles. The highest BCUT2D eigenvalue weighted by molar-refractivity contribution is 5.78. The van der Waals surface area contributed by atoms with Gasteiger partial charge in [0, 0.05) is 11.5 Å². The van der Waals surface area contributed by atoms with Gasteiger partial charge in [0.05, 0.1) is 7.11 Å². The molecule has 1 aliphatic heterocycles. The van der Waals surface area contributed by atoms with E-state index < -0.39 is 18.7 Å². The quantitative estimate of drug-likeness (QED) is 0.728. The maximum Gasteiger partial charge on any atom is 0.387 e. The summed E-state index contributed by atoms with van der Waals surface area (Å²) in [5, 5.41) is 0. The third kappa shape index (κ3) is 3.71. The summed E-state index contributed by atoms with van der Waals surface area (Å²) >= 11 is 0. The van der Waals surface area contributed by atoms with E-state index in [1.165, 1.54) is 25.3 Å². The summed E-state index contributed by atoms with van der Waals surface area (Å²) in [6.45, 7) is -1.08. The number of hydrogen-bond acceptors (Lipinski definition) is 5. The number of rotatable bonds is 6. The van der Waals surface area contributed by atoms with Gasteiger partial charge in [-0.15, -0.1) is 0 Å². The lowest BCUT2D eigenvalue weighted by Crippen LogP contribution is -2.29. The van der Waals surface area contributed by atoms with Crippen molar-refractivity contribution in [2.75, 3.05) is 7.11 Å². The molecule has 0 N–H and O–H groups in total. The van der Waals surface area contributed by atoms with Gasteiger partial charge in [-0.1, -0.05) is 31.2 Å². The number of fused-ring (bicyclic) bond motifs is 1. The van der Waals surface area contributed by atoms with E-state index in [0.29, 0.717) is 11.3 Å². The van der Waals surface area contributed by atoms with E-state index in [2.05, 4.69) is 4.74 Å². The molecule has 1 heterocycles. The van der Waals surface area contributed by atoms with Gasteiger partial charge >= 0.3 is 12.6 Å². The topological polar surface area (TPSA) is 54.0 Å². The summed E-state index contributed by atoms with van der Waals surface area (Å²) in [4.78, 5) is 12.4. The van der Waals surface area contributed by atoms with Crippen LogP contribution in [0.4, 0.5) is 8.78 Å². The van der Waals surface area contributed by atoms with Gasteiger partial charge in [-0.2, -0.15) is 8.78 Å². The standard InChI is InChI=1S/C19H18F2O5/c1-11-13-5-3-4-6-14(13)25-17(11)18(22)24-10-12-7-8-15(26-19(20)21)16(9-12)23-2/h3-9,11,17,19H,10H2,1-2H3. The van der Waals surface area contributed by atoms with Gasteiger partial charge in [-0.05, 0) is 23.8 Å². The Morgan fingerprint density at radius 2 is 1.96 bits per heavy atom. The first-order valence-corrected chi connectivity index (χ1v) is 8.03. The number of methoxy groups -OCH3 is 1. The van der Waals surface area contributed by atoms with E-state index in [1.54, 1.807) is 0 Å². The average Bonchev–Trinajstić information content (AvgIpc) is 2.97. The zero-order chi connectivity index (χ0) is 18.7. The molecule has 2 atom stereocenters. The molecule has 0 bridgehead atoms. The third-order valence-corrected chi connectivity index (χ3v) is 4.18. The first-order chi connectivity index (χ1) is 12.5. The monoisotopic (exact) mass is 364 g/mol. The number of hydrogen-bond donors (Lipinski definition) is 0. The molecule has 5 nitrogen and oxygen atoms in total. The fourth-order valence-corrected chi connectivity index (χ4v) is 2.85. The Bertz CT molecular complexity index is 793. The lowest BCUT2D eigenvalue weighted by atomic mass is 9.98. The zero-order valence-corrected chi connectivity index (χ0v) is 14.3. The van der Waals surface area contributed by atoms with Gasteiger partial charge in [0.2, 0.25) is 6.10 Å². The summed E-state index contributed by atoms with van der Waals surface area (Å²) in [6.07, 6.45) is -0.712. The number of halogens is 2. The summed E-state index contributed by atoms with van der Waals surface area (Å²) in [5.74, 6) is 0.130. The Labute approximate surface area is 149 Å². The van der Waals surface area contributed by atoms with E-state index in [4.69, 9.17) is 14.2 Å². The fraction of sp³-hybridized carbons (Fsp3) is 0.316. The van der Waals surface area contributed by atoms with E-state index >= 15 is 0 Å². The third-order valence-electron chi connectivity index (χ3n) is 4.18. The highest BCUT2D eigenvalue weighted by Gasteiger charge is 2.37. The molecule has 138 valence electrons. The van der Waals surface area contributed by atoms with Crippen molar-refractivity contribution < 1.29 is 32.5 Å². The smallest absolute Gasteiger partial charge is 0.387 e. The van der Waals surface area contributed by atoms with Gasteiger partial charge in [-0.25, -0.2) is 4.79 Å². The SMILES string of the molecule is COc1cc(COC(=O)C2Oc3ccccc3C2C)ccc1OC(F)F. The summed E-state index contributed by atoms with van der Waals surface area (Å²) in [7, 11) is 1.34. The van der Waals surface area contributed by atoms with Crippen LogP contribution in [0.2, 0.25) is 0 Å². The molecule has 0 amide bonds. The van der Waals surface area contributed by atoms with Crippen LogP contribution in [-0.2, 0) is 16.1 Å². The van der Waals surface area contributed by atoms with Crippen molar-refractivity contribution in [3.8, 4) is 17.2 Å². The molecular formula is C19H18F2O5. The van der Waals surface area contributed by atoms with Crippen LogP contribution in [0.3, 0.4) is 0 Å². The number of carbonyl (C=O) groups excluding carboxylic acids is 1. The van der Waals surface area contributed by atoms with Gasteiger partial charge in [0.25, 0.3) is 0 Å². The van der Waals surface area contributed by atoms with Crippen molar-refractivity contribution in [3.05, 3.63) is 53.6 Å². The van der Waals surface area contributed by atoms with Crippen LogP contribution < -0.4 is 14.2 Å². The molecule has 2 unspecified atom stereocenters. The lowest BCUT2D eigenvalue weighted by molar-refractivity contribution is -0.153. The van der Waals surface area contributed by atoms with Crippen LogP contribution in [0.5, 0.6) is 17.2 Å². The number of benzene rings is 2. The summed E-state index contributed by atoms with van der Waals surface area (Å²) in [6, 6.07) is 11.8. The Morgan fingerprint density at radius 3 is 2.65 bits per heavy atom. The van der Waals surface area contributed by atoms with Gasteiger partial charge in [0.15, 0.2) is 11.5 Å². The molecule has 3 rings (SSSR count). The Hall–Kier alpha value is -2.83. The number of alkyl halides is 2. The average molecular weight is 364 g/mol. The van der Waals surface area contributed by atoms with Crippen LogP contribution in [-0.4, -0.2) is 25.8 Å². The van der Waals surface area contributed by atoms with E-state index in [0.717, 1.165) is 5.56 Å². The van der Waals surface area contributed by atoms with Crippen molar-refractivity contribution in [3.63, 3.8) is 0 Å². The normalized spacial score (nSPS) is 18.2. The Kier molecular flexibility index (Phi) is 5.25. The molecular weight excluding hydrogens is 346 g/mol. The van der Waals surface area contributed by atoms with Gasteiger partial charge < -0.3 is 18.9 Å². The maximum absolute atomic E-state index is 12.4. The van der Waals surface area contributed by atoms with Crippen molar-refractivity contribution in [2.24, 2.45) is 0 Å². The van der Waals surface area contributed by atoms with Crippen LogP contribution in [0, 0.1) is 0 Å². The van der Waals surface area contributed by atoms with Gasteiger partial charge in [0.1, 0.15) is 12.4 Å². The summed E-state index contributed by atoms with van der Waals surface area (Å²) < 4.78 is 45.1. The Morgan fingerprint density at radius 1 is 1.19 bits per heavy atom. The molecule has 0 fully saturated rings. The van der Waals surface area contributed by atoms with Gasteiger partial charge in [-0.3, -0.25) is 0 Å². The number of carbonyl (C=O) groups is 1. The molecule has 2 aromatic rings. The minimum absolute atomic E-state index is 0.0346. The minimum atomic E-state index is -2.95. The molecule has 0 saturated carbocycles. The van der Waals surface area contributed by atoms with E-state index in [-0.39, 0.29) is 24.0 Å². The van der Waals surface area contributed by atoms with E-state index in [1.807, 2.05) is 31.2 Å². The number of para-hydroxylation sites is 1. The number of ether oxygens (including phenoxy) is 4. The Balaban J connectivity index is 1.63. The minimum Gasteiger partial charge on any atom is -0.493 e. The molecule has 0 aromatic heterocycles. The van der Waals surface area contributed by atoms with Crippen LogP contribution in [0.1, 0.15) is 24.0 Å². The predicted octanol–water partition coefficient (Wildman–Crippen LogP) is 3.90. The van der Waals surface area contributed by atoms with Crippen molar-refractivity contribution >= 4 is 5.97 Å². The fourth-order valence-electron chi connectivity index (χ4n) is 2.85. The first kappa shape index (κ1) is 18.0. The molecule has 26 heavy (non-hydrogen) atoms. The second kappa shape index (κ2) is 7.59. The second-order valence-corrected chi connectivity index (χ2v) is 5.84. The van der Waals surface area contributed by atoms with E-state index in [9.17, 15) is 13.6 Å². The van der Waals surface area contributed by atoms with Crippen molar-refractivity contribution in [2.45, 2.75) is 32.2 Å². The van der Waals surface area contributed by atoms with Crippen molar-refractivity contribution in [1.29, 1.82) is 0 Å². The second-order valence-electron chi connectivity index (χ2n) is 5.84. The van der Waals surface area contributed by atoms with Crippen LogP contribution in [0.25, 0.3) is 0 Å². The van der Waals surface area contributed by atoms with Crippen LogP contribution >= 0.6 is 0 Å². The highest BCUT2D eigenvalue weighted by atomic mass is 19.3. The first-order valence-electron chi connectivity index (χ1n) is 8.03. The molecule has 0 saturated heterocycles. The zero-order valence-electron chi connectivity index (χ0n) is 14.3. The molecule has 7 heteroatoms. The van der Waals surface area contributed by atoms with Crippen LogP contribution in [0.15, 0.2) is 42.5 Å². The lowest BCUT2D eigenvalue weighted by Gasteiger charge is -2.15. The maximum atomic E-state index is 12.4. The molecule has 0 aliphatic carbocycles. The molecule has 1 aliphatic rings. The summed E-state index contributed by atoms with van der Waals surface area (Å²) in [5.41, 5.74) is 1.55. The largest absolute Gasteiger partial charge is 0.493 e. The molecule has 0 radical (unpaired) electrons. The van der Waals surface area contributed by atoms with Crippen molar-refractivity contribution in [1.82, 2.24) is 0 Å². The number of esters is 1. The highest BCUT2D eigenvalue weighted by Crippen LogP contribution is 2.38.